The van der Waals surface area contributed by atoms with Crippen LogP contribution < -0.4 is 5.32 Å². The predicted molar refractivity (Wildman–Crippen MR) is 129 cm³/mol. The van der Waals surface area contributed by atoms with Gasteiger partial charge in [0.05, 0.1) is 23.7 Å². The number of hydrogen-bond acceptors (Lipinski definition) is 7. The quantitative estimate of drug-likeness (QED) is 0.472. The fraction of sp³-hybridized carbons (Fsp3) is 0.200. The maximum atomic E-state index is 13.0. The Morgan fingerprint density at radius 2 is 2.06 bits per heavy atom. The number of ether oxygens (including phenoxy) is 1. The van der Waals surface area contributed by atoms with Gasteiger partial charge in [0.25, 0.3) is 0 Å². The summed E-state index contributed by atoms with van der Waals surface area (Å²) in [4.78, 5) is 36.4. The van der Waals surface area contributed by atoms with E-state index in [0.29, 0.717) is 17.8 Å². The van der Waals surface area contributed by atoms with Gasteiger partial charge in [-0.2, -0.15) is 0 Å². The number of fused-ring (bicyclic) bond motifs is 1. The van der Waals surface area contributed by atoms with Gasteiger partial charge < -0.3 is 15.0 Å². The van der Waals surface area contributed by atoms with E-state index < -0.39 is 12.0 Å². The second-order valence-corrected chi connectivity index (χ2v) is 8.34. The van der Waals surface area contributed by atoms with Gasteiger partial charge >= 0.3 is 5.97 Å². The highest BCUT2D eigenvalue weighted by Crippen LogP contribution is 2.44. The lowest BCUT2D eigenvalue weighted by Gasteiger charge is -2.36. The Morgan fingerprint density at radius 3 is 2.79 bits per heavy atom. The summed E-state index contributed by atoms with van der Waals surface area (Å²) in [5.41, 5.74) is 3.67. The van der Waals surface area contributed by atoms with Crippen molar-refractivity contribution in [1.29, 1.82) is 0 Å². The number of thioether (sulfide) groups is 1. The SMILES string of the molecule is C=CCOC(=O)C1=C(C)N=C2SC=C(CC(=O)NCc3cccnc3)N2[C@H]1c1ccccc1. The third-order valence-electron chi connectivity index (χ3n) is 5.22. The van der Waals surface area contributed by atoms with Crippen LogP contribution >= 0.6 is 11.8 Å². The summed E-state index contributed by atoms with van der Waals surface area (Å²) in [5.74, 6) is -0.567. The first kappa shape index (κ1) is 22.5. The van der Waals surface area contributed by atoms with Crippen LogP contribution in [0.2, 0.25) is 0 Å². The molecule has 0 fully saturated rings. The number of amides is 1. The number of amidine groups is 1. The molecule has 3 heterocycles. The Balaban J connectivity index is 1.59. The second-order valence-electron chi connectivity index (χ2n) is 7.51. The van der Waals surface area contributed by atoms with E-state index in [1.54, 1.807) is 12.4 Å². The first-order valence-corrected chi connectivity index (χ1v) is 11.4. The Hall–Kier alpha value is -3.65. The number of allylic oxidation sites excluding steroid dienone is 1. The number of rotatable bonds is 8. The van der Waals surface area contributed by atoms with E-state index in [1.807, 2.05) is 59.7 Å². The zero-order valence-electron chi connectivity index (χ0n) is 18.2. The highest BCUT2D eigenvalue weighted by atomic mass is 32.2. The molecular formula is C25H24N4O3S. The Morgan fingerprint density at radius 1 is 1.24 bits per heavy atom. The summed E-state index contributed by atoms with van der Waals surface area (Å²) in [5, 5.41) is 5.59. The van der Waals surface area contributed by atoms with E-state index in [2.05, 4.69) is 21.9 Å². The number of esters is 1. The van der Waals surface area contributed by atoms with Gasteiger partial charge in [-0.3, -0.25) is 9.78 Å². The molecule has 7 nitrogen and oxygen atoms in total. The minimum Gasteiger partial charge on any atom is -0.458 e. The predicted octanol–water partition coefficient (Wildman–Crippen LogP) is 4.09. The van der Waals surface area contributed by atoms with Crippen LogP contribution in [0.1, 0.15) is 30.5 Å². The Kier molecular flexibility index (Phi) is 7.04. The number of aromatic nitrogens is 1. The summed E-state index contributed by atoms with van der Waals surface area (Å²) in [7, 11) is 0. The topological polar surface area (TPSA) is 83.9 Å². The standard InChI is InChI=1S/C25H24N4O3S/c1-3-12-32-24(31)22-17(2)28-25-29(23(22)19-9-5-4-6-10-19)20(16-33-25)13-21(30)27-15-18-8-7-11-26-14-18/h3-11,14,16,23H,1,12-13,15H2,2H3,(H,27,30)/t23-/m0/s1. The fourth-order valence-electron chi connectivity index (χ4n) is 3.72. The van der Waals surface area contributed by atoms with Crippen molar-refractivity contribution in [2.24, 2.45) is 4.99 Å². The van der Waals surface area contributed by atoms with Crippen molar-refractivity contribution in [3.8, 4) is 0 Å². The number of benzene rings is 1. The fourth-order valence-corrected chi connectivity index (χ4v) is 4.69. The van der Waals surface area contributed by atoms with Crippen LogP contribution in [0.5, 0.6) is 0 Å². The van der Waals surface area contributed by atoms with Crippen LogP contribution in [-0.2, 0) is 20.9 Å². The molecule has 2 aromatic rings. The van der Waals surface area contributed by atoms with Crippen molar-refractivity contribution in [2.75, 3.05) is 6.61 Å². The molecular weight excluding hydrogens is 436 g/mol. The summed E-state index contributed by atoms with van der Waals surface area (Å²) in [6.45, 7) is 5.94. The highest BCUT2D eigenvalue weighted by molar-refractivity contribution is 8.16. The van der Waals surface area contributed by atoms with E-state index in [1.165, 1.54) is 17.8 Å². The number of aliphatic imine (C=N–C) groups is 1. The van der Waals surface area contributed by atoms with Crippen LogP contribution in [0.4, 0.5) is 0 Å². The van der Waals surface area contributed by atoms with Gasteiger partial charge in [-0.15, -0.1) is 0 Å². The smallest absolute Gasteiger partial charge is 0.338 e. The minimum absolute atomic E-state index is 0.113. The maximum absolute atomic E-state index is 13.0. The lowest BCUT2D eigenvalue weighted by molar-refractivity contribution is -0.138. The van der Waals surface area contributed by atoms with Crippen molar-refractivity contribution in [2.45, 2.75) is 25.9 Å². The van der Waals surface area contributed by atoms with Crippen molar-refractivity contribution in [3.05, 3.63) is 101 Å². The molecule has 33 heavy (non-hydrogen) atoms. The van der Waals surface area contributed by atoms with E-state index in [0.717, 1.165) is 22.0 Å². The molecule has 1 aromatic heterocycles. The molecule has 0 aliphatic carbocycles. The number of nitrogens with one attached hydrogen (secondary N) is 1. The molecule has 1 aromatic carbocycles. The molecule has 0 saturated heterocycles. The van der Waals surface area contributed by atoms with Crippen molar-refractivity contribution >= 4 is 28.8 Å². The van der Waals surface area contributed by atoms with Crippen LogP contribution in [0, 0.1) is 0 Å². The third kappa shape index (κ3) is 5.06. The van der Waals surface area contributed by atoms with Gasteiger partial charge in [0.2, 0.25) is 5.91 Å². The molecule has 168 valence electrons. The van der Waals surface area contributed by atoms with Crippen molar-refractivity contribution < 1.29 is 14.3 Å². The van der Waals surface area contributed by atoms with Crippen LogP contribution in [0.15, 0.2) is 94.9 Å². The monoisotopic (exact) mass is 460 g/mol. The van der Waals surface area contributed by atoms with E-state index in [-0.39, 0.29) is 18.9 Å². The molecule has 0 spiro atoms. The van der Waals surface area contributed by atoms with Gasteiger partial charge in [0, 0.05) is 24.6 Å². The van der Waals surface area contributed by atoms with Gasteiger partial charge in [-0.1, -0.05) is 60.8 Å². The normalized spacial score (nSPS) is 17.1. The lowest BCUT2D eigenvalue weighted by Crippen LogP contribution is -2.38. The van der Waals surface area contributed by atoms with Gasteiger partial charge in [0.15, 0.2) is 5.17 Å². The molecule has 2 aliphatic rings. The summed E-state index contributed by atoms with van der Waals surface area (Å²) < 4.78 is 5.38. The summed E-state index contributed by atoms with van der Waals surface area (Å²) in [6, 6.07) is 13.0. The van der Waals surface area contributed by atoms with Gasteiger partial charge in [0.1, 0.15) is 6.61 Å². The Labute approximate surface area is 197 Å². The minimum atomic E-state index is -0.443. The van der Waals surface area contributed by atoms with Crippen LogP contribution in [0.25, 0.3) is 0 Å². The van der Waals surface area contributed by atoms with E-state index >= 15 is 0 Å². The summed E-state index contributed by atoms with van der Waals surface area (Å²) in [6.07, 6.45) is 5.11. The molecule has 2 aliphatic heterocycles. The zero-order valence-corrected chi connectivity index (χ0v) is 19.0. The molecule has 0 bridgehead atoms. The highest BCUT2D eigenvalue weighted by Gasteiger charge is 2.41. The van der Waals surface area contributed by atoms with Gasteiger partial charge in [-0.05, 0) is 29.5 Å². The Bertz CT molecular complexity index is 1140. The van der Waals surface area contributed by atoms with E-state index in [4.69, 9.17) is 4.74 Å². The number of pyridine rings is 1. The molecule has 0 radical (unpaired) electrons. The lowest BCUT2D eigenvalue weighted by atomic mass is 9.94. The van der Waals surface area contributed by atoms with Gasteiger partial charge in [-0.25, -0.2) is 9.79 Å². The van der Waals surface area contributed by atoms with Crippen LogP contribution in [0.3, 0.4) is 0 Å². The summed E-state index contributed by atoms with van der Waals surface area (Å²) >= 11 is 1.45. The molecule has 0 saturated carbocycles. The zero-order chi connectivity index (χ0) is 23.2. The van der Waals surface area contributed by atoms with E-state index in [9.17, 15) is 9.59 Å². The molecule has 8 heteroatoms. The number of carbonyl (C=O) groups excluding carboxylic acids is 2. The second kappa shape index (κ2) is 10.3. The first-order valence-electron chi connectivity index (χ1n) is 10.5. The largest absolute Gasteiger partial charge is 0.458 e. The average molecular weight is 461 g/mol. The average Bonchev–Trinajstić information content (AvgIpc) is 3.23. The number of carbonyl (C=O) groups is 2. The molecule has 1 amide bonds. The molecule has 1 N–H and O–H groups in total. The molecule has 0 unspecified atom stereocenters. The van der Waals surface area contributed by atoms with Crippen LogP contribution in [-0.4, -0.2) is 33.5 Å². The van der Waals surface area contributed by atoms with Crippen molar-refractivity contribution in [3.63, 3.8) is 0 Å². The third-order valence-corrected chi connectivity index (χ3v) is 6.11. The van der Waals surface area contributed by atoms with Crippen molar-refractivity contribution in [1.82, 2.24) is 15.2 Å². The number of nitrogens with zero attached hydrogens (tertiary/aromatic N) is 3. The molecule has 4 rings (SSSR count). The maximum Gasteiger partial charge on any atom is 0.338 e. The number of hydrogen-bond donors (Lipinski definition) is 1. The first-order chi connectivity index (χ1) is 16.1. The molecule has 1 atom stereocenters.